The normalized spacial score (nSPS) is 15.9. The fourth-order valence-corrected chi connectivity index (χ4v) is 5.60. The molecule has 33 heavy (non-hydrogen) atoms. The molecule has 1 saturated heterocycles. The highest BCUT2D eigenvalue weighted by molar-refractivity contribution is 7.89. The molecule has 6 nitrogen and oxygen atoms in total. The van der Waals surface area contributed by atoms with Crippen molar-refractivity contribution in [3.63, 3.8) is 0 Å². The van der Waals surface area contributed by atoms with Crippen molar-refractivity contribution in [2.75, 3.05) is 26.2 Å². The van der Waals surface area contributed by atoms with Crippen molar-refractivity contribution < 1.29 is 31.1 Å². The van der Waals surface area contributed by atoms with Crippen molar-refractivity contribution in [2.24, 2.45) is 5.92 Å². The molecule has 0 saturated carbocycles. The number of amides is 1. The molecule has 0 unspecified atom stereocenters. The van der Waals surface area contributed by atoms with Crippen LogP contribution in [0.5, 0.6) is 5.75 Å². The van der Waals surface area contributed by atoms with E-state index < -0.39 is 32.6 Å². The first-order valence-corrected chi connectivity index (χ1v) is 12.1. The number of benzene rings is 2. The van der Waals surface area contributed by atoms with Crippen molar-refractivity contribution in [2.45, 2.75) is 37.8 Å². The number of carbonyl (C=O) groups excluding carboxylic acids is 1. The molecule has 0 aromatic heterocycles. The zero-order valence-electron chi connectivity index (χ0n) is 18.5. The van der Waals surface area contributed by atoms with E-state index in [-0.39, 0.29) is 31.8 Å². The summed E-state index contributed by atoms with van der Waals surface area (Å²) in [6.45, 7) is 4.42. The van der Waals surface area contributed by atoms with Gasteiger partial charge in [0.25, 0.3) is 0 Å². The number of nitrogens with zero attached hydrogens (tertiary/aromatic N) is 1. The third-order valence-corrected chi connectivity index (χ3v) is 7.65. The van der Waals surface area contributed by atoms with Gasteiger partial charge < -0.3 is 10.1 Å². The summed E-state index contributed by atoms with van der Waals surface area (Å²) >= 11 is 0. The fraction of sp³-hybridized carbons (Fsp3) is 0.435. The number of aryl methyl sites for hydroxylation is 2. The second-order valence-corrected chi connectivity index (χ2v) is 9.94. The predicted octanol–water partition coefficient (Wildman–Crippen LogP) is 3.92. The van der Waals surface area contributed by atoms with E-state index in [0.29, 0.717) is 13.2 Å². The Kier molecular flexibility index (Phi) is 7.69. The molecule has 1 aliphatic heterocycles. The maximum absolute atomic E-state index is 13.3. The first kappa shape index (κ1) is 25.0. The van der Waals surface area contributed by atoms with Crippen LogP contribution in [0, 0.1) is 19.8 Å². The highest BCUT2D eigenvalue weighted by Crippen LogP contribution is 2.36. The van der Waals surface area contributed by atoms with Crippen molar-refractivity contribution >= 4 is 15.9 Å². The SMILES string of the molecule is Cc1cccc(C)c1OCCNC(=O)C1CCN(S(=O)(=O)c2ccccc2C(F)(F)F)CC1. The monoisotopic (exact) mass is 484 g/mol. The summed E-state index contributed by atoms with van der Waals surface area (Å²) in [5, 5.41) is 2.80. The van der Waals surface area contributed by atoms with Gasteiger partial charge in [0.2, 0.25) is 15.9 Å². The zero-order valence-corrected chi connectivity index (χ0v) is 19.3. The Morgan fingerprint density at radius 1 is 1.06 bits per heavy atom. The molecular weight excluding hydrogens is 457 g/mol. The Hall–Kier alpha value is -2.59. The molecule has 0 radical (unpaired) electrons. The third kappa shape index (κ3) is 5.86. The molecule has 1 aliphatic rings. The number of ether oxygens (including phenoxy) is 1. The first-order chi connectivity index (χ1) is 15.5. The van der Waals surface area contributed by atoms with Gasteiger partial charge in [0.1, 0.15) is 12.4 Å². The van der Waals surface area contributed by atoms with Crippen LogP contribution in [0.15, 0.2) is 47.4 Å². The van der Waals surface area contributed by atoms with Gasteiger partial charge >= 0.3 is 6.18 Å². The molecule has 2 aromatic rings. The van der Waals surface area contributed by atoms with Gasteiger partial charge in [-0.15, -0.1) is 0 Å². The number of hydrogen-bond acceptors (Lipinski definition) is 4. The lowest BCUT2D eigenvalue weighted by atomic mass is 9.97. The largest absolute Gasteiger partial charge is 0.491 e. The minimum Gasteiger partial charge on any atom is -0.491 e. The Morgan fingerprint density at radius 2 is 1.67 bits per heavy atom. The summed E-state index contributed by atoms with van der Waals surface area (Å²) in [4.78, 5) is 11.7. The van der Waals surface area contributed by atoms with E-state index in [1.54, 1.807) is 0 Å². The lowest BCUT2D eigenvalue weighted by Gasteiger charge is -2.31. The third-order valence-electron chi connectivity index (χ3n) is 5.69. The zero-order chi connectivity index (χ0) is 24.2. The highest BCUT2D eigenvalue weighted by Gasteiger charge is 2.40. The van der Waals surface area contributed by atoms with E-state index in [2.05, 4.69) is 5.32 Å². The smallest absolute Gasteiger partial charge is 0.417 e. The molecular formula is C23H27F3N2O4S. The Labute approximate surface area is 191 Å². The number of nitrogens with one attached hydrogen (secondary N) is 1. The number of alkyl halides is 3. The van der Waals surface area contributed by atoms with Gasteiger partial charge in [-0.05, 0) is 49.9 Å². The summed E-state index contributed by atoms with van der Waals surface area (Å²) < 4.78 is 72.3. The van der Waals surface area contributed by atoms with E-state index in [1.807, 2.05) is 32.0 Å². The van der Waals surface area contributed by atoms with Crippen LogP contribution in [0.2, 0.25) is 0 Å². The van der Waals surface area contributed by atoms with Crippen LogP contribution in [0.25, 0.3) is 0 Å². The number of piperidine rings is 1. The van der Waals surface area contributed by atoms with Crippen molar-refractivity contribution in [1.82, 2.24) is 9.62 Å². The van der Waals surface area contributed by atoms with E-state index in [0.717, 1.165) is 39.4 Å². The topological polar surface area (TPSA) is 75.7 Å². The lowest BCUT2D eigenvalue weighted by Crippen LogP contribution is -2.43. The number of rotatable bonds is 7. The van der Waals surface area contributed by atoms with Gasteiger partial charge in [0, 0.05) is 19.0 Å². The minimum absolute atomic E-state index is 0.0223. The molecule has 3 rings (SSSR count). The summed E-state index contributed by atoms with van der Waals surface area (Å²) in [7, 11) is -4.32. The lowest BCUT2D eigenvalue weighted by molar-refractivity contribution is -0.139. The van der Waals surface area contributed by atoms with Crippen LogP contribution < -0.4 is 10.1 Å². The Balaban J connectivity index is 1.53. The number of carbonyl (C=O) groups is 1. The number of hydrogen-bond donors (Lipinski definition) is 1. The standard InChI is InChI=1S/C23H27F3N2O4S/c1-16-6-5-7-17(2)21(16)32-15-12-27-22(29)18-10-13-28(14-11-18)33(30,31)20-9-4-3-8-19(20)23(24,25)26/h3-9,18H,10-15H2,1-2H3,(H,27,29). The summed E-state index contributed by atoms with van der Waals surface area (Å²) in [6, 6.07) is 9.96. The average molecular weight is 485 g/mol. The van der Waals surface area contributed by atoms with Crippen molar-refractivity contribution in [3.05, 3.63) is 59.2 Å². The molecule has 0 aliphatic carbocycles. The maximum Gasteiger partial charge on any atom is 0.417 e. The van der Waals surface area contributed by atoms with E-state index >= 15 is 0 Å². The summed E-state index contributed by atoms with van der Waals surface area (Å²) in [5.74, 6) is 0.159. The van der Waals surface area contributed by atoms with Gasteiger partial charge in [0.05, 0.1) is 17.0 Å². The highest BCUT2D eigenvalue weighted by atomic mass is 32.2. The number of sulfonamides is 1. The molecule has 10 heteroatoms. The van der Waals surface area contributed by atoms with Crippen LogP contribution in [-0.2, 0) is 21.0 Å². The first-order valence-electron chi connectivity index (χ1n) is 10.6. The molecule has 1 N–H and O–H groups in total. The maximum atomic E-state index is 13.3. The van der Waals surface area contributed by atoms with Crippen LogP contribution in [-0.4, -0.2) is 44.9 Å². The van der Waals surface area contributed by atoms with Gasteiger partial charge in [-0.25, -0.2) is 8.42 Å². The molecule has 0 atom stereocenters. The fourth-order valence-electron chi connectivity index (χ4n) is 3.92. The number of halogens is 3. The average Bonchev–Trinajstić information content (AvgIpc) is 2.77. The number of para-hydroxylation sites is 1. The van der Waals surface area contributed by atoms with Gasteiger partial charge in [-0.1, -0.05) is 30.3 Å². The second kappa shape index (κ2) is 10.1. The van der Waals surface area contributed by atoms with Gasteiger partial charge in [-0.3, -0.25) is 4.79 Å². The van der Waals surface area contributed by atoms with Crippen LogP contribution in [0.1, 0.15) is 29.5 Å². The molecule has 1 amide bonds. The molecule has 180 valence electrons. The van der Waals surface area contributed by atoms with E-state index in [4.69, 9.17) is 4.74 Å². The predicted molar refractivity (Wildman–Crippen MR) is 117 cm³/mol. The molecule has 2 aromatic carbocycles. The van der Waals surface area contributed by atoms with Gasteiger partial charge in [-0.2, -0.15) is 17.5 Å². The van der Waals surface area contributed by atoms with Crippen LogP contribution in [0.4, 0.5) is 13.2 Å². The quantitative estimate of drug-likeness (QED) is 0.605. The summed E-state index contributed by atoms with van der Waals surface area (Å²) in [6.07, 6.45) is -4.31. The van der Waals surface area contributed by atoms with Crippen molar-refractivity contribution in [1.29, 1.82) is 0 Å². The Morgan fingerprint density at radius 3 is 2.27 bits per heavy atom. The van der Waals surface area contributed by atoms with Crippen LogP contribution >= 0.6 is 0 Å². The minimum atomic E-state index is -4.78. The molecule has 0 spiro atoms. The van der Waals surface area contributed by atoms with E-state index in [1.165, 1.54) is 6.07 Å². The molecule has 0 bridgehead atoms. The van der Waals surface area contributed by atoms with E-state index in [9.17, 15) is 26.4 Å². The van der Waals surface area contributed by atoms with Crippen LogP contribution in [0.3, 0.4) is 0 Å². The molecule has 1 heterocycles. The Bertz CT molecular complexity index is 1070. The van der Waals surface area contributed by atoms with Crippen molar-refractivity contribution in [3.8, 4) is 5.75 Å². The second-order valence-electron chi connectivity index (χ2n) is 8.03. The molecule has 1 fully saturated rings. The summed E-state index contributed by atoms with van der Waals surface area (Å²) in [5.41, 5.74) is 0.817. The van der Waals surface area contributed by atoms with Gasteiger partial charge in [0.15, 0.2) is 0 Å².